The molecule has 1 aromatic heterocycles. The van der Waals surface area contributed by atoms with E-state index in [2.05, 4.69) is 15.2 Å². The molecule has 136 valence electrons. The molecular formula is C17H18N4O3S2. The standard InChI is InChI=1S/C17H18N4O3S2/c1-5-21-15(22)14(26-17(21)18-16-20-19-10(2)25-16)8-11-6-7-12(23-3)9-13(11)24-4/h6-9H,5H2,1-4H3/b14-8-,18-17+. The lowest BCUT2D eigenvalue weighted by molar-refractivity contribution is -0.122. The van der Waals surface area contributed by atoms with Crippen LogP contribution < -0.4 is 9.47 Å². The number of nitrogens with zero attached hydrogens (tertiary/aromatic N) is 4. The maximum atomic E-state index is 12.7. The van der Waals surface area contributed by atoms with E-state index in [1.807, 2.05) is 32.1 Å². The van der Waals surface area contributed by atoms with Gasteiger partial charge in [0.05, 0.1) is 19.1 Å². The molecule has 0 N–H and O–H groups in total. The van der Waals surface area contributed by atoms with Crippen LogP contribution in [0.3, 0.4) is 0 Å². The Balaban J connectivity index is 1.95. The van der Waals surface area contributed by atoms with Gasteiger partial charge in [0, 0.05) is 18.2 Å². The number of hydrogen-bond acceptors (Lipinski definition) is 8. The number of carbonyl (C=O) groups excluding carboxylic acids is 1. The Kier molecular flexibility index (Phi) is 5.58. The van der Waals surface area contributed by atoms with E-state index in [4.69, 9.17) is 9.47 Å². The maximum absolute atomic E-state index is 12.7. The Morgan fingerprint density at radius 1 is 1.27 bits per heavy atom. The molecule has 9 heteroatoms. The molecule has 0 bridgehead atoms. The van der Waals surface area contributed by atoms with Gasteiger partial charge in [-0.1, -0.05) is 11.3 Å². The molecule has 1 aliphatic heterocycles. The molecule has 0 saturated carbocycles. The van der Waals surface area contributed by atoms with Gasteiger partial charge < -0.3 is 9.47 Å². The second-order valence-corrected chi connectivity index (χ2v) is 7.44. The van der Waals surface area contributed by atoms with Gasteiger partial charge in [-0.05, 0) is 43.8 Å². The van der Waals surface area contributed by atoms with E-state index in [0.29, 0.717) is 33.2 Å². The van der Waals surface area contributed by atoms with E-state index in [9.17, 15) is 4.79 Å². The molecule has 3 rings (SSSR count). The van der Waals surface area contributed by atoms with Crippen molar-refractivity contribution < 1.29 is 14.3 Å². The number of amides is 1. The Labute approximate surface area is 159 Å². The summed E-state index contributed by atoms with van der Waals surface area (Å²) in [6, 6.07) is 5.47. The molecule has 0 atom stereocenters. The van der Waals surface area contributed by atoms with Gasteiger partial charge in [-0.15, -0.1) is 10.2 Å². The number of ether oxygens (including phenoxy) is 2. The number of methoxy groups -OCH3 is 2. The third-order valence-electron chi connectivity index (χ3n) is 3.64. The van der Waals surface area contributed by atoms with Gasteiger partial charge in [0.15, 0.2) is 5.17 Å². The fraction of sp³-hybridized carbons (Fsp3) is 0.294. The Morgan fingerprint density at radius 3 is 2.69 bits per heavy atom. The minimum Gasteiger partial charge on any atom is -0.497 e. The van der Waals surface area contributed by atoms with Crippen molar-refractivity contribution in [2.24, 2.45) is 4.99 Å². The highest BCUT2D eigenvalue weighted by Crippen LogP contribution is 2.36. The zero-order chi connectivity index (χ0) is 18.7. The number of aryl methyl sites for hydroxylation is 1. The first-order valence-corrected chi connectivity index (χ1v) is 9.51. The molecule has 1 amide bonds. The van der Waals surface area contributed by atoms with E-state index in [1.54, 1.807) is 25.2 Å². The van der Waals surface area contributed by atoms with Crippen LogP contribution in [0, 0.1) is 6.92 Å². The van der Waals surface area contributed by atoms with Gasteiger partial charge in [-0.3, -0.25) is 9.69 Å². The van der Waals surface area contributed by atoms with Crippen molar-refractivity contribution in [2.45, 2.75) is 13.8 Å². The van der Waals surface area contributed by atoms with Crippen LogP contribution in [0.5, 0.6) is 11.5 Å². The Morgan fingerprint density at radius 2 is 2.08 bits per heavy atom. The summed E-state index contributed by atoms with van der Waals surface area (Å²) in [5.74, 6) is 1.24. The minimum atomic E-state index is -0.0876. The zero-order valence-corrected chi connectivity index (χ0v) is 16.5. The van der Waals surface area contributed by atoms with Crippen LogP contribution in [0.25, 0.3) is 6.08 Å². The van der Waals surface area contributed by atoms with E-state index in [1.165, 1.54) is 23.1 Å². The second-order valence-electron chi connectivity index (χ2n) is 5.27. The first kappa shape index (κ1) is 18.4. The number of likely N-dealkylation sites (N-methyl/N-ethyl adjacent to an activating group) is 1. The highest BCUT2D eigenvalue weighted by molar-refractivity contribution is 8.18. The summed E-state index contributed by atoms with van der Waals surface area (Å²) in [7, 11) is 3.18. The number of aromatic nitrogens is 2. The van der Waals surface area contributed by atoms with Crippen molar-refractivity contribution in [2.75, 3.05) is 20.8 Å². The predicted octanol–water partition coefficient (Wildman–Crippen LogP) is 3.49. The second kappa shape index (κ2) is 7.88. The summed E-state index contributed by atoms with van der Waals surface area (Å²) in [5, 5.41) is 9.94. The molecule has 1 fully saturated rings. The van der Waals surface area contributed by atoms with Gasteiger partial charge in [0.1, 0.15) is 16.5 Å². The topological polar surface area (TPSA) is 76.9 Å². The summed E-state index contributed by atoms with van der Waals surface area (Å²) in [4.78, 5) is 19.4. The summed E-state index contributed by atoms with van der Waals surface area (Å²) < 4.78 is 10.6. The average Bonchev–Trinajstić information content (AvgIpc) is 3.18. The number of thioether (sulfide) groups is 1. The lowest BCUT2D eigenvalue weighted by atomic mass is 10.1. The van der Waals surface area contributed by atoms with Crippen LogP contribution in [0.2, 0.25) is 0 Å². The molecule has 2 heterocycles. The fourth-order valence-electron chi connectivity index (χ4n) is 2.36. The minimum absolute atomic E-state index is 0.0876. The molecule has 0 unspecified atom stereocenters. The molecule has 1 saturated heterocycles. The van der Waals surface area contributed by atoms with Crippen molar-refractivity contribution in [1.82, 2.24) is 15.1 Å². The Hall–Kier alpha value is -2.39. The first-order valence-electron chi connectivity index (χ1n) is 7.88. The van der Waals surface area contributed by atoms with Gasteiger partial charge >= 0.3 is 0 Å². The van der Waals surface area contributed by atoms with Crippen molar-refractivity contribution in [3.05, 3.63) is 33.7 Å². The number of aliphatic imine (C=N–C) groups is 1. The van der Waals surface area contributed by atoms with Gasteiger partial charge in [-0.2, -0.15) is 4.99 Å². The summed E-state index contributed by atoms with van der Waals surface area (Å²) >= 11 is 2.71. The van der Waals surface area contributed by atoms with Crippen LogP contribution >= 0.6 is 23.1 Å². The van der Waals surface area contributed by atoms with Gasteiger partial charge in [0.25, 0.3) is 5.91 Å². The number of amidine groups is 1. The SMILES string of the molecule is CCN1C(=O)/C(=C/c2ccc(OC)cc2OC)S/C1=N/c1nnc(C)s1. The maximum Gasteiger partial charge on any atom is 0.266 e. The largest absolute Gasteiger partial charge is 0.497 e. The van der Waals surface area contributed by atoms with Crippen molar-refractivity contribution in [1.29, 1.82) is 0 Å². The zero-order valence-electron chi connectivity index (χ0n) is 14.8. The normalized spacial score (nSPS) is 17.4. The highest BCUT2D eigenvalue weighted by atomic mass is 32.2. The summed E-state index contributed by atoms with van der Waals surface area (Å²) in [6.07, 6.45) is 1.81. The summed E-state index contributed by atoms with van der Waals surface area (Å²) in [5.41, 5.74) is 0.799. The predicted molar refractivity (Wildman–Crippen MR) is 104 cm³/mol. The molecule has 1 aromatic carbocycles. The molecular weight excluding hydrogens is 372 g/mol. The molecule has 0 spiro atoms. The lowest BCUT2D eigenvalue weighted by Gasteiger charge is -2.11. The Bertz CT molecular complexity index is 892. The van der Waals surface area contributed by atoms with Gasteiger partial charge in [0.2, 0.25) is 5.13 Å². The number of benzene rings is 1. The monoisotopic (exact) mass is 390 g/mol. The third kappa shape index (κ3) is 3.73. The van der Waals surface area contributed by atoms with Crippen molar-refractivity contribution in [3.8, 4) is 11.5 Å². The molecule has 7 nitrogen and oxygen atoms in total. The average molecular weight is 390 g/mol. The molecule has 0 aliphatic carbocycles. The molecule has 26 heavy (non-hydrogen) atoms. The first-order chi connectivity index (χ1) is 12.5. The van der Waals surface area contributed by atoms with Crippen LogP contribution in [-0.4, -0.2) is 46.9 Å². The molecule has 2 aromatic rings. The van der Waals surface area contributed by atoms with Crippen molar-refractivity contribution in [3.63, 3.8) is 0 Å². The number of carbonyl (C=O) groups is 1. The lowest BCUT2D eigenvalue weighted by Crippen LogP contribution is -2.28. The van der Waals surface area contributed by atoms with E-state index >= 15 is 0 Å². The van der Waals surface area contributed by atoms with E-state index < -0.39 is 0 Å². The smallest absolute Gasteiger partial charge is 0.266 e. The molecule has 1 aliphatic rings. The van der Waals surface area contributed by atoms with E-state index in [0.717, 1.165) is 10.6 Å². The van der Waals surface area contributed by atoms with Crippen molar-refractivity contribution >= 4 is 45.4 Å². The number of rotatable bonds is 5. The third-order valence-corrected chi connectivity index (χ3v) is 5.38. The van der Waals surface area contributed by atoms with Crippen LogP contribution in [0.4, 0.5) is 5.13 Å². The quantitative estimate of drug-likeness (QED) is 0.728. The van der Waals surface area contributed by atoms with Crippen LogP contribution in [-0.2, 0) is 4.79 Å². The van der Waals surface area contributed by atoms with E-state index in [-0.39, 0.29) is 5.91 Å². The number of hydrogen-bond donors (Lipinski definition) is 0. The molecule has 0 radical (unpaired) electrons. The summed E-state index contributed by atoms with van der Waals surface area (Å²) in [6.45, 7) is 4.31. The van der Waals surface area contributed by atoms with Crippen LogP contribution in [0.15, 0.2) is 28.1 Å². The van der Waals surface area contributed by atoms with Crippen LogP contribution in [0.1, 0.15) is 17.5 Å². The van der Waals surface area contributed by atoms with Gasteiger partial charge in [-0.25, -0.2) is 0 Å². The highest BCUT2D eigenvalue weighted by Gasteiger charge is 2.32. The fourth-order valence-corrected chi connectivity index (χ4v) is 4.01.